The summed E-state index contributed by atoms with van der Waals surface area (Å²) in [6.07, 6.45) is 1.53. The highest BCUT2D eigenvalue weighted by molar-refractivity contribution is 8.18. The molecule has 0 atom stereocenters. The van der Waals surface area contributed by atoms with Gasteiger partial charge in [0.15, 0.2) is 11.5 Å². The van der Waals surface area contributed by atoms with Crippen molar-refractivity contribution in [2.75, 3.05) is 19.8 Å². The van der Waals surface area contributed by atoms with Crippen molar-refractivity contribution >= 4 is 69.8 Å². The van der Waals surface area contributed by atoms with Gasteiger partial charge in [-0.2, -0.15) is 0 Å². The molecule has 0 unspecified atom stereocenters. The molecular formula is C27H20Cl3NO6S. The first-order chi connectivity index (χ1) is 18.3. The Balaban J connectivity index is 1.49. The lowest BCUT2D eigenvalue weighted by molar-refractivity contribution is -0.123. The van der Waals surface area contributed by atoms with Crippen LogP contribution in [0.15, 0.2) is 65.6 Å². The molecule has 196 valence electrons. The first-order valence-electron chi connectivity index (χ1n) is 11.3. The molecule has 3 aromatic rings. The number of thioether (sulfide) groups is 1. The van der Waals surface area contributed by atoms with Gasteiger partial charge in [0.25, 0.3) is 11.1 Å². The van der Waals surface area contributed by atoms with E-state index in [4.69, 9.17) is 49.0 Å². The van der Waals surface area contributed by atoms with Crippen LogP contribution >= 0.6 is 46.6 Å². The number of carbonyl (C=O) groups excluding carboxylic acids is 3. The second-order valence-electron chi connectivity index (χ2n) is 7.77. The van der Waals surface area contributed by atoms with Gasteiger partial charge in [-0.15, -0.1) is 0 Å². The van der Waals surface area contributed by atoms with Crippen molar-refractivity contribution < 1.29 is 28.6 Å². The molecule has 1 fully saturated rings. The van der Waals surface area contributed by atoms with Gasteiger partial charge in [0.1, 0.15) is 12.4 Å². The maximum Gasteiger partial charge on any atom is 0.345 e. The lowest BCUT2D eigenvalue weighted by Gasteiger charge is -2.14. The summed E-state index contributed by atoms with van der Waals surface area (Å²) in [4.78, 5) is 39.4. The van der Waals surface area contributed by atoms with Crippen LogP contribution in [-0.2, 0) is 4.79 Å². The van der Waals surface area contributed by atoms with Crippen molar-refractivity contribution in [1.29, 1.82) is 0 Å². The van der Waals surface area contributed by atoms with Gasteiger partial charge in [-0.05, 0) is 78.9 Å². The Labute approximate surface area is 238 Å². The van der Waals surface area contributed by atoms with Crippen LogP contribution in [0, 0.1) is 0 Å². The molecule has 38 heavy (non-hydrogen) atoms. The molecule has 0 saturated carbocycles. The number of nitrogens with zero attached hydrogens (tertiary/aromatic N) is 1. The zero-order valence-corrected chi connectivity index (χ0v) is 23.0. The molecule has 11 heteroatoms. The number of benzene rings is 3. The third-order valence-corrected chi connectivity index (χ3v) is 6.96. The smallest absolute Gasteiger partial charge is 0.345 e. The summed E-state index contributed by atoms with van der Waals surface area (Å²) in [6, 6.07) is 16.3. The van der Waals surface area contributed by atoms with E-state index in [0.29, 0.717) is 16.3 Å². The van der Waals surface area contributed by atoms with Crippen LogP contribution in [0.3, 0.4) is 0 Å². The van der Waals surface area contributed by atoms with Crippen LogP contribution in [-0.4, -0.2) is 41.8 Å². The summed E-state index contributed by atoms with van der Waals surface area (Å²) >= 11 is 19.2. The van der Waals surface area contributed by atoms with Gasteiger partial charge in [-0.25, -0.2) is 4.79 Å². The fourth-order valence-corrected chi connectivity index (χ4v) is 4.90. The van der Waals surface area contributed by atoms with E-state index in [-0.39, 0.29) is 51.8 Å². The number of amides is 2. The third kappa shape index (κ3) is 6.63. The van der Waals surface area contributed by atoms with Crippen LogP contribution in [0.1, 0.15) is 22.8 Å². The number of esters is 1. The maximum atomic E-state index is 12.9. The highest BCUT2D eigenvalue weighted by Crippen LogP contribution is 2.40. The first-order valence-corrected chi connectivity index (χ1v) is 13.3. The van der Waals surface area contributed by atoms with Crippen LogP contribution in [0.2, 0.25) is 15.1 Å². The Hall–Kier alpha value is -3.17. The molecular weight excluding hydrogens is 573 g/mol. The van der Waals surface area contributed by atoms with Gasteiger partial charge >= 0.3 is 5.97 Å². The topological polar surface area (TPSA) is 82.1 Å². The number of rotatable bonds is 9. The molecule has 4 rings (SSSR count). The summed E-state index contributed by atoms with van der Waals surface area (Å²) in [5.41, 5.74) is 0.657. The minimum absolute atomic E-state index is 0.0167. The summed E-state index contributed by atoms with van der Waals surface area (Å²) in [7, 11) is 0. The van der Waals surface area contributed by atoms with Gasteiger partial charge in [-0.1, -0.05) is 46.9 Å². The lowest BCUT2D eigenvalue weighted by Crippen LogP contribution is -2.32. The van der Waals surface area contributed by atoms with E-state index in [0.717, 1.165) is 16.7 Å². The Morgan fingerprint density at radius 3 is 2.42 bits per heavy atom. The SMILES string of the molecule is CCOc1cc(/C=C2\SC(=O)N(CCOc3ccc(Cl)cc3)C2=O)cc(Cl)c1OC(=O)c1ccccc1Cl. The zero-order chi connectivity index (χ0) is 27.2. The summed E-state index contributed by atoms with van der Waals surface area (Å²) in [5, 5.41) is 0.478. The predicted octanol–water partition coefficient (Wildman–Crippen LogP) is 7.38. The Kier molecular flexibility index (Phi) is 9.22. The van der Waals surface area contributed by atoms with E-state index in [2.05, 4.69) is 0 Å². The predicted molar refractivity (Wildman–Crippen MR) is 149 cm³/mol. The molecule has 0 aromatic heterocycles. The molecule has 0 spiro atoms. The average molecular weight is 593 g/mol. The molecule has 0 N–H and O–H groups in total. The van der Waals surface area contributed by atoms with Crippen LogP contribution in [0.5, 0.6) is 17.2 Å². The molecule has 0 radical (unpaired) electrons. The second kappa shape index (κ2) is 12.6. The van der Waals surface area contributed by atoms with Crippen molar-refractivity contribution in [2.24, 2.45) is 0 Å². The summed E-state index contributed by atoms with van der Waals surface area (Å²) in [6.45, 7) is 2.23. The second-order valence-corrected chi connectivity index (χ2v) is 10.0. The van der Waals surface area contributed by atoms with Crippen molar-refractivity contribution in [3.63, 3.8) is 0 Å². The molecule has 2 amide bonds. The normalized spacial score (nSPS) is 14.2. The van der Waals surface area contributed by atoms with Gasteiger partial charge in [0.05, 0.1) is 33.7 Å². The number of hydrogen-bond acceptors (Lipinski definition) is 7. The number of halogens is 3. The number of imide groups is 1. The minimum Gasteiger partial charge on any atom is -0.492 e. The molecule has 1 aliphatic rings. The van der Waals surface area contributed by atoms with Crippen LogP contribution in [0.4, 0.5) is 4.79 Å². The van der Waals surface area contributed by atoms with E-state index in [1.54, 1.807) is 55.5 Å². The van der Waals surface area contributed by atoms with Crippen molar-refractivity contribution in [3.8, 4) is 17.2 Å². The lowest BCUT2D eigenvalue weighted by atomic mass is 10.1. The third-order valence-electron chi connectivity index (χ3n) is 5.19. The molecule has 0 aliphatic carbocycles. The van der Waals surface area contributed by atoms with Crippen molar-refractivity contribution in [3.05, 3.63) is 91.8 Å². The van der Waals surface area contributed by atoms with Gasteiger partial charge in [-0.3, -0.25) is 14.5 Å². The monoisotopic (exact) mass is 591 g/mol. The summed E-state index contributed by atoms with van der Waals surface area (Å²) < 4.78 is 16.7. The van der Waals surface area contributed by atoms with Gasteiger partial charge in [0, 0.05) is 5.02 Å². The molecule has 7 nitrogen and oxygen atoms in total. The fraction of sp³-hybridized carbons (Fsp3) is 0.148. The van der Waals surface area contributed by atoms with E-state index in [1.807, 2.05) is 0 Å². The van der Waals surface area contributed by atoms with Crippen molar-refractivity contribution in [1.82, 2.24) is 4.90 Å². The van der Waals surface area contributed by atoms with Gasteiger partial charge < -0.3 is 14.2 Å². The Morgan fingerprint density at radius 1 is 0.974 bits per heavy atom. The Bertz CT molecular complexity index is 1410. The Morgan fingerprint density at radius 2 is 1.71 bits per heavy atom. The first kappa shape index (κ1) is 27.9. The summed E-state index contributed by atoms with van der Waals surface area (Å²) in [5.74, 6) is -0.369. The van der Waals surface area contributed by atoms with Crippen molar-refractivity contribution in [2.45, 2.75) is 6.92 Å². The van der Waals surface area contributed by atoms with Gasteiger partial charge in [0.2, 0.25) is 0 Å². The maximum absolute atomic E-state index is 12.9. The molecule has 3 aromatic carbocycles. The molecule has 1 heterocycles. The fourth-order valence-electron chi connectivity index (χ4n) is 3.44. The zero-order valence-electron chi connectivity index (χ0n) is 19.9. The van der Waals surface area contributed by atoms with E-state index in [9.17, 15) is 14.4 Å². The quantitative estimate of drug-likeness (QED) is 0.146. The average Bonchev–Trinajstić information content (AvgIpc) is 3.15. The molecule has 1 saturated heterocycles. The highest BCUT2D eigenvalue weighted by atomic mass is 35.5. The highest BCUT2D eigenvalue weighted by Gasteiger charge is 2.35. The number of ether oxygens (including phenoxy) is 3. The minimum atomic E-state index is -0.701. The molecule has 0 bridgehead atoms. The largest absolute Gasteiger partial charge is 0.492 e. The van der Waals surface area contributed by atoms with E-state index >= 15 is 0 Å². The van der Waals surface area contributed by atoms with Crippen LogP contribution in [0.25, 0.3) is 6.08 Å². The number of hydrogen-bond donors (Lipinski definition) is 0. The van der Waals surface area contributed by atoms with Crippen LogP contribution < -0.4 is 14.2 Å². The van der Waals surface area contributed by atoms with E-state index in [1.165, 1.54) is 18.2 Å². The molecule has 1 aliphatic heterocycles. The van der Waals surface area contributed by atoms with E-state index < -0.39 is 17.1 Å². The standard InChI is InChI=1S/C27H20Cl3NO6S/c1-2-35-22-14-16(13-21(30)24(22)37-26(33)19-5-3-4-6-20(19)29)15-23-25(32)31(27(34)38-23)11-12-36-18-9-7-17(28)8-10-18/h3-10,13-15H,2,11-12H2,1H3/b23-15-. The number of carbonyl (C=O) groups is 3.